The van der Waals surface area contributed by atoms with E-state index >= 15 is 0 Å². The Hall–Kier alpha value is -2.30. The molecule has 0 bridgehead atoms. The van der Waals surface area contributed by atoms with Crippen molar-refractivity contribution in [2.75, 3.05) is 0 Å². The van der Waals surface area contributed by atoms with Gasteiger partial charge in [-0.1, -0.05) is 12.1 Å². The Morgan fingerprint density at radius 2 is 1.83 bits per heavy atom. The van der Waals surface area contributed by atoms with E-state index in [0.717, 1.165) is 12.1 Å². The van der Waals surface area contributed by atoms with Crippen LogP contribution in [-0.4, -0.2) is 16.1 Å². The molecular formula is C13H9F2NO2. The molecule has 3 nitrogen and oxygen atoms in total. The van der Waals surface area contributed by atoms with E-state index in [-0.39, 0.29) is 6.42 Å². The second-order valence-corrected chi connectivity index (χ2v) is 3.74. The van der Waals surface area contributed by atoms with Crippen molar-refractivity contribution in [3.8, 4) is 11.1 Å². The number of aromatic nitrogens is 1. The summed E-state index contributed by atoms with van der Waals surface area (Å²) in [6, 6.07) is 6.72. The number of pyridine rings is 1. The first-order valence-electron chi connectivity index (χ1n) is 5.18. The van der Waals surface area contributed by atoms with Crippen molar-refractivity contribution in [3.63, 3.8) is 0 Å². The summed E-state index contributed by atoms with van der Waals surface area (Å²) in [5.74, 6) is -2.81. The quantitative estimate of drug-likeness (QED) is 0.909. The standard InChI is InChI=1S/C13H9F2NO2/c14-11-4-2-8(5-12(11)15)9-1-3-10(16-7-9)6-13(17)18/h1-5,7H,6H2,(H,17,18). The summed E-state index contributed by atoms with van der Waals surface area (Å²) < 4.78 is 25.8. The van der Waals surface area contributed by atoms with Gasteiger partial charge in [-0.25, -0.2) is 8.78 Å². The van der Waals surface area contributed by atoms with Crippen LogP contribution in [0.1, 0.15) is 5.69 Å². The number of carboxylic acid groups (broad SMARTS) is 1. The van der Waals surface area contributed by atoms with E-state index in [1.807, 2.05) is 0 Å². The molecule has 0 saturated heterocycles. The molecule has 0 fully saturated rings. The lowest BCUT2D eigenvalue weighted by molar-refractivity contribution is -0.136. The fourth-order valence-electron chi connectivity index (χ4n) is 1.53. The zero-order valence-corrected chi connectivity index (χ0v) is 9.23. The van der Waals surface area contributed by atoms with Gasteiger partial charge in [0.1, 0.15) is 0 Å². The van der Waals surface area contributed by atoms with E-state index in [1.54, 1.807) is 12.1 Å². The lowest BCUT2D eigenvalue weighted by Gasteiger charge is -2.03. The van der Waals surface area contributed by atoms with Gasteiger partial charge in [0.25, 0.3) is 0 Å². The molecule has 0 aliphatic rings. The molecule has 1 aromatic heterocycles. The van der Waals surface area contributed by atoms with E-state index < -0.39 is 17.6 Å². The summed E-state index contributed by atoms with van der Waals surface area (Å²) >= 11 is 0. The number of hydrogen-bond acceptors (Lipinski definition) is 2. The first kappa shape index (κ1) is 12.2. The average Bonchev–Trinajstić information content (AvgIpc) is 2.33. The van der Waals surface area contributed by atoms with Gasteiger partial charge in [0.05, 0.1) is 12.1 Å². The minimum atomic E-state index is -0.969. The summed E-state index contributed by atoms with van der Waals surface area (Å²) in [4.78, 5) is 14.4. The predicted octanol–water partition coefficient (Wildman–Crippen LogP) is 2.65. The molecule has 2 rings (SSSR count). The van der Waals surface area contributed by atoms with E-state index in [1.165, 1.54) is 12.3 Å². The fraction of sp³-hybridized carbons (Fsp3) is 0.0769. The van der Waals surface area contributed by atoms with E-state index in [0.29, 0.717) is 16.8 Å². The molecule has 0 aliphatic carbocycles. The van der Waals surface area contributed by atoms with E-state index in [9.17, 15) is 13.6 Å². The number of aliphatic carboxylic acids is 1. The molecular weight excluding hydrogens is 240 g/mol. The maximum atomic E-state index is 13.0. The Morgan fingerprint density at radius 3 is 2.39 bits per heavy atom. The van der Waals surface area contributed by atoms with Crippen LogP contribution in [0.4, 0.5) is 8.78 Å². The molecule has 0 unspecified atom stereocenters. The lowest BCUT2D eigenvalue weighted by atomic mass is 10.1. The Morgan fingerprint density at radius 1 is 1.11 bits per heavy atom. The molecule has 18 heavy (non-hydrogen) atoms. The number of carboxylic acids is 1. The third-order valence-corrected chi connectivity index (χ3v) is 2.41. The minimum Gasteiger partial charge on any atom is -0.481 e. The van der Waals surface area contributed by atoms with Crippen molar-refractivity contribution in [1.82, 2.24) is 4.98 Å². The van der Waals surface area contributed by atoms with Gasteiger partial charge in [-0.05, 0) is 23.8 Å². The van der Waals surface area contributed by atoms with Crippen LogP contribution >= 0.6 is 0 Å². The van der Waals surface area contributed by atoms with Gasteiger partial charge >= 0.3 is 5.97 Å². The summed E-state index contributed by atoms with van der Waals surface area (Å²) in [5, 5.41) is 8.59. The molecule has 2 aromatic rings. The maximum absolute atomic E-state index is 13.0. The van der Waals surface area contributed by atoms with Gasteiger partial charge < -0.3 is 5.11 Å². The summed E-state index contributed by atoms with van der Waals surface area (Å²) in [6.07, 6.45) is 1.27. The average molecular weight is 249 g/mol. The molecule has 92 valence electrons. The Bertz CT molecular complexity index is 582. The van der Waals surface area contributed by atoms with E-state index in [2.05, 4.69) is 4.98 Å². The van der Waals surface area contributed by atoms with Gasteiger partial charge in [0, 0.05) is 11.8 Å². The molecule has 0 amide bonds. The van der Waals surface area contributed by atoms with Crippen LogP contribution in [0.25, 0.3) is 11.1 Å². The molecule has 0 spiro atoms. The summed E-state index contributed by atoms with van der Waals surface area (Å²) in [7, 11) is 0. The van der Waals surface area contributed by atoms with Crippen LogP contribution in [0.3, 0.4) is 0 Å². The Kier molecular flexibility index (Phi) is 3.32. The zero-order valence-electron chi connectivity index (χ0n) is 9.23. The summed E-state index contributed by atoms with van der Waals surface area (Å²) in [6.45, 7) is 0. The highest BCUT2D eigenvalue weighted by atomic mass is 19.2. The highest BCUT2D eigenvalue weighted by Gasteiger charge is 2.06. The second-order valence-electron chi connectivity index (χ2n) is 3.74. The van der Waals surface area contributed by atoms with Crippen molar-refractivity contribution in [2.24, 2.45) is 0 Å². The Balaban J connectivity index is 2.28. The topological polar surface area (TPSA) is 50.2 Å². The highest BCUT2D eigenvalue weighted by Crippen LogP contribution is 2.20. The maximum Gasteiger partial charge on any atom is 0.309 e. The zero-order chi connectivity index (χ0) is 13.1. The molecule has 0 radical (unpaired) electrons. The molecule has 5 heteroatoms. The van der Waals surface area contributed by atoms with Crippen molar-refractivity contribution in [3.05, 3.63) is 53.9 Å². The molecule has 0 atom stereocenters. The van der Waals surface area contributed by atoms with Crippen molar-refractivity contribution in [1.29, 1.82) is 0 Å². The van der Waals surface area contributed by atoms with E-state index in [4.69, 9.17) is 5.11 Å². The van der Waals surface area contributed by atoms with Crippen LogP contribution in [-0.2, 0) is 11.2 Å². The van der Waals surface area contributed by atoms with Crippen LogP contribution < -0.4 is 0 Å². The van der Waals surface area contributed by atoms with Gasteiger partial charge in [-0.3, -0.25) is 9.78 Å². The first-order chi connectivity index (χ1) is 8.56. The number of benzene rings is 1. The molecule has 0 aliphatic heterocycles. The largest absolute Gasteiger partial charge is 0.481 e. The fourth-order valence-corrected chi connectivity index (χ4v) is 1.53. The third-order valence-electron chi connectivity index (χ3n) is 2.41. The van der Waals surface area contributed by atoms with Crippen LogP contribution in [0.2, 0.25) is 0 Å². The van der Waals surface area contributed by atoms with Crippen molar-refractivity contribution >= 4 is 5.97 Å². The second kappa shape index (κ2) is 4.91. The molecule has 1 aromatic carbocycles. The summed E-state index contributed by atoms with van der Waals surface area (Å²) in [5.41, 5.74) is 1.50. The van der Waals surface area contributed by atoms with Gasteiger partial charge in [-0.2, -0.15) is 0 Å². The lowest BCUT2D eigenvalue weighted by Crippen LogP contribution is -2.01. The normalized spacial score (nSPS) is 10.3. The smallest absolute Gasteiger partial charge is 0.309 e. The predicted molar refractivity (Wildman–Crippen MR) is 60.9 cm³/mol. The van der Waals surface area contributed by atoms with Crippen molar-refractivity contribution < 1.29 is 18.7 Å². The Labute approximate surface area is 102 Å². The minimum absolute atomic E-state index is 0.169. The number of carbonyl (C=O) groups is 1. The molecule has 1 heterocycles. The van der Waals surface area contributed by atoms with Gasteiger partial charge in [0.2, 0.25) is 0 Å². The van der Waals surface area contributed by atoms with Crippen LogP contribution in [0.5, 0.6) is 0 Å². The third kappa shape index (κ3) is 2.68. The number of rotatable bonds is 3. The number of nitrogens with zero attached hydrogens (tertiary/aromatic N) is 1. The van der Waals surface area contributed by atoms with Crippen molar-refractivity contribution in [2.45, 2.75) is 6.42 Å². The number of halogens is 2. The highest BCUT2D eigenvalue weighted by molar-refractivity contribution is 5.70. The van der Waals surface area contributed by atoms with Crippen LogP contribution in [0, 0.1) is 11.6 Å². The first-order valence-corrected chi connectivity index (χ1v) is 5.18. The van der Waals surface area contributed by atoms with Gasteiger partial charge in [0.15, 0.2) is 11.6 Å². The number of hydrogen-bond donors (Lipinski definition) is 1. The van der Waals surface area contributed by atoms with Crippen LogP contribution in [0.15, 0.2) is 36.5 Å². The monoisotopic (exact) mass is 249 g/mol. The molecule has 1 N–H and O–H groups in total. The SMILES string of the molecule is O=C(O)Cc1ccc(-c2ccc(F)c(F)c2)cn1. The van der Waals surface area contributed by atoms with Gasteiger partial charge in [-0.15, -0.1) is 0 Å². The molecule has 0 saturated carbocycles.